The van der Waals surface area contributed by atoms with Gasteiger partial charge in [-0.3, -0.25) is 0 Å². The predicted octanol–water partition coefficient (Wildman–Crippen LogP) is 2.27. The van der Waals surface area contributed by atoms with Crippen LogP contribution in [0.25, 0.3) is 0 Å². The first-order valence-corrected chi connectivity index (χ1v) is 7.51. The van der Waals surface area contributed by atoms with E-state index in [1.165, 1.54) is 16.6 Å². The molecule has 17 heavy (non-hydrogen) atoms. The van der Waals surface area contributed by atoms with Crippen LogP contribution in [0.1, 0.15) is 11.6 Å². The van der Waals surface area contributed by atoms with E-state index in [9.17, 15) is 4.39 Å². The molecular formula is C14H14FNSe. The average molecular weight is 294 g/mol. The Bertz CT molecular complexity index is 455. The summed E-state index contributed by atoms with van der Waals surface area (Å²) in [5, 5.41) is 0.933. The van der Waals surface area contributed by atoms with Gasteiger partial charge in [-0.05, 0) is 0 Å². The first-order chi connectivity index (χ1) is 8.25. The molecule has 0 aliphatic rings. The van der Waals surface area contributed by atoms with Crippen LogP contribution in [0.2, 0.25) is 5.32 Å². The molecule has 0 fully saturated rings. The van der Waals surface area contributed by atoms with Gasteiger partial charge in [-0.1, -0.05) is 0 Å². The third kappa shape index (κ3) is 3.67. The fraction of sp³-hybridized carbons (Fsp3) is 0.143. The first-order valence-electron chi connectivity index (χ1n) is 5.44. The fourth-order valence-corrected chi connectivity index (χ4v) is 3.43. The second-order valence-corrected chi connectivity index (χ2v) is 6.08. The van der Waals surface area contributed by atoms with Crippen molar-refractivity contribution >= 4 is 19.4 Å². The Labute approximate surface area is 107 Å². The molecule has 1 unspecified atom stereocenters. The molecule has 0 radical (unpaired) electrons. The van der Waals surface area contributed by atoms with Crippen LogP contribution < -0.4 is 10.2 Å². The number of halogens is 1. The zero-order valence-electron chi connectivity index (χ0n) is 9.34. The molecule has 2 N–H and O–H groups in total. The summed E-state index contributed by atoms with van der Waals surface area (Å²) in [4.78, 5) is 0. The molecule has 0 aliphatic carbocycles. The fourth-order valence-electron chi connectivity index (χ4n) is 1.51. The normalized spacial score (nSPS) is 12.4. The van der Waals surface area contributed by atoms with E-state index in [4.69, 9.17) is 5.73 Å². The number of nitrogens with two attached hydrogens (primary N) is 1. The number of benzene rings is 2. The summed E-state index contributed by atoms with van der Waals surface area (Å²) in [7, 11) is 0. The van der Waals surface area contributed by atoms with E-state index < -0.39 is 0 Å². The summed E-state index contributed by atoms with van der Waals surface area (Å²) in [6.07, 6.45) is 0. The SMILES string of the molecule is NC(C[Se]c1ccccc1)c1ccc(F)cc1. The number of hydrogen-bond acceptors (Lipinski definition) is 1. The molecule has 0 spiro atoms. The Balaban J connectivity index is 1.93. The van der Waals surface area contributed by atoms with Crippen LogP contribution in [0, 0.1) is 5.82 Å². The molecule has 2 rings (SSSR count). The van der Waals surface area contributed by atoms with E-state index in [2.05, 4.69) is 12.1 Å². The summed E-state index contributed by atoms with van der Waals surface area (Å²) >= 11 is 0.370. The van der Waals surface area contributed by atoms with Crippen LogP contribution in [0.15, 0.2) is 54.6 Å². The summed E-state index contributed by atoms with van der Waals surface area (Å²) in [6.45, 7) is 0. The molecule has 0 bridgehead atoms. The van der Waals surface area contributed by atoms with Crippen molar-refractivity contribution in [3.63, 3.8) is 0 Å². The van der Waals surface area contributed by atoms with Crippen molar-refractivity contribution in [3.8, 4) is 0 Å². The summed E-state index contributed by atoms with van der Waals surface area (Å²) < 4.78 is 14.1. The van der Waals surface area contributed by atoms with Crippen LogP contribution in [0.5, 0.6) is 0 Å². The molecule has 2 aromatic carbocycles. The van der Waals surface area contributed by atoms with Crippen molar-refractivity contribution in [2.24, 2.45) is 5.73 Å². The van der Waals surface area contributed by atoms with Gasteiger partial charge in [-0.25, -0.2) is 0 Å². The molecule has 0 aliphatic heterocycles. The third-order valence-electron chi connectivity index (χ3n) is 2.47. The minimum absolute atomic E-state index is 0.00388. The molecule has 88 valence electrons. The molecule has 0 aromatic heterocycles. The Kier molecular flexibility index (Phi) is 4.32. The molecule has 2 aromatic rings. The van der Waals surface area contributed by atoms with Crippen LogP contribution in [0.3, 0.4) is 0 Å². The van der Waals surface area contributed by atoms with Gasteiger partial charge in [0.2, 0.25) is 0 Å². The van der Waals surface area contributed by atoms with E-state index in [1.807, 2.05) is 18.2 Å². The standard InChI is InChI=1S/C14H14FNSe/c15-12-8-6-11(7-9-12)14(16)10-17-13-4-2-1-3-5-13/h1-9,14H,10,16H2. The van der Waals surface area contributed by atoms with Gasteiger partial charge >= 0.3 is 107 Å². The van der Waals surface area contributed by atoms with Crippen LogP contribution in [-0.2, 0) is 0 Å². The Hall–Kier alpha value is -1.15. The van der Waals surface area contributed by atoms with Crippen molar-refractivity contribution in [1.82, 2.24) is 0 Å². The summed E-state index contributed by atoms with van der Waals surface area (Å²) in [6, 6.07) is 16.8. The maximum absolute atomic E-state index is 12.8. The van der Waals surface area contributed by atoms with Crippen molar-refractivity contribution in [2.75, 3.05) is 0 Å². The quantitative estimate of drug-likeness (QED) is 0.860. The van der Waals surface area contributed by atoms with Gasteiger partial charge in [0.1, 0.15) is 0 Å². The van der Waals surface area contributed by atoms with Crippen molar-refractivity contribution in [1.29, 1.82) is 0 Å². The molecule has 0 saturated carbocycles. The van der Waals surface area contributed by atoms with Crippen molar-refractivity contribution < 1.29 is 4.39 Å². The molecule has 1 nitrogen and oxygen atoms in total. The molecule has 0 saturated heterocycles. The summed E-state index contributed by atoms with van der Waals surface area (Å²) in [5.41, 5.74) is 7.09. The Morgan fingerprint density at radius 2 is 1.65 bits per heavy atom. The number of rotatable bonds is 4. The van der Waals surface area contributed by atoms with Gasteiger partial charge in [-0.2, -0.15) is 0 Å². The van der Waals surface area contributed by atoms with Gasteiger partial charge in [-0.15, -0.1) is 0 Å². The van der Waals surface area contributed by atoms with Crippen LogP contribution in [0.4, 0.5) is 4.39 Å². The van der Waals surface area contributed by atoms with Gasteiger partial charge in [0.05, 0.1) is 0 Å². The molecule has 0 heterocycles. The molecule has 3 heteroatoms. The second-order valence-electron chi connectivity index (χ2n) is 3.78. The first kappa shape index (κ1) is 12.3. The Morgan fingerprint density at radius 3 is 2.29 bits per heavy atom. The second kappa shape index (κ2) is 5.97. The van der Waals surface area contributed by atoms with Crippen molar-refractivity contribution in [3.05, 3.63) is 66.0 Å². The average Bonchev–Trinajstić information content (AvgIpc) is 2.38. The number of hydrogen-bond donors (Lipinski definition) is 1. The van der Waals surface area contributed by atoms with Gasteiger partial charge < -0.3 is 0 Å². The summed E-state index contributed by atoms with van der Waals surface area (Å²) in [5.74, 6) is -0.213. The minimum atomic E-state index is -0.213. The van der Waals surface area contributed by atoms with Gasteiger partial charge in [0, 0.05) is 0 Å². The van der Waals surface area contributed by atoms with E-state index >= 15 is 0 Å². The molecule has 1 atom stereocenters. The van der Waals surface area contributed by atoms with Crippen LogP contribution >= 0.6 is 0 Å². The zero-order valence-corrected chi connectivity index (χ0v) is 11.1. The van der Waals surface area contributed by atoms with Crippen molar-refractivity contribution in [2.45, 2.75) is 11.4 Å². The molecule has 0 amide bonds. The van der Waals surface area contributed by atoms with E-state index in [-0.39, 0.29) is 11.9 Å². The van der Waals surface area contributed by atoms with E-state index in [0.29, 0.717) is 15.0 Å². The predicted molar refractivity (Wildman–Crippen MR) is 70.0 cm³/mol. The third-order valence-corrected chi connectivity index (χ3v) is 4.84. The van der Waals surface area contributed by atoms with Crippen LogP contribution in [-0.4, -0.2) is 15.0 Å². The monoisotopic (exact) mass is 295 g/mol. The van der Waals surface area contributed by atoms with E-state index in [1.54, 1.807) is 12.1 Å². The zero-order chi connectivity index (χ0) is 12.1. The Morgan fingerprint density at radius 1 is 1.00 bits per heavy atom. The topological polar surface area (TPSA) is 26.0 Å². The maximum atomic E-state index is 12.8. The van der Waals surface area contributed by atoms with Gasteiger partial charge in [0.15, 0.2) is 0 Å². The molecular weight excluding hydrogens is 280 g/mol. The van der Waals surface area contributed by atoms with Gasteiger partial charge in [0.25, 0.3) is 0 Å². The van der Waals surface area contributed by atoms with E-state index in [0.717, 1.165) is 10.9 Å².